The number of nitrogens with one attached hydrogen (secondary N) is 1. The maximum absolute atomic E-state index is 3.95. The summed E-state index contributed by atoms with van der Waals surface area (Å²) in [5.74, 6) is 0.822. The average molecular weight is 266 g/mol. The highest BCUT2D eigenvalue weighted by Crippen LogP contribution is 2.38. The van der Waals surface area contributed by atoms with E-state index in [9.17, 15) is 0 Å². The van der Waals surface area contributed by atoms with Crippen molar-refractivity contribution in [2.24, 2.45) is 11.3 Å². The SMILES string of the molecule is CC1CCCC(C)N1NC1CCCCC1C(C)(C)C. The van der Waals surface area contributed by atoms with E-state index in [1.807, 2.05) is 0 Å². The molecule has 0 bridgehead atoms. The summed E-state index contributed by atoms with van der Waals surface area (Å²) in [6.07, 6.45) is 9.68. The third kappa shape index (κ3) is 3.72. The van der Waals surface area contributed by atoms with E-state index in [1.165, 1.54) is 44.9 Å². The Balaban J connectivity index is 2.02. The van der Waals surface area contributed by atoms with Crippen molar-refractivity contribution in [1.29, 1.82) is 0 Å². The molecule has 1 saturated heterocycles. The number of piperidine rings is 1. The van der Waals surface area contributed by atoms with Crippen molar-refractivity contribution in [3.05, 3.63) is 0 Å². The van der Waals surface area contributed by atoms with Gasteiger partial charge in [-0.25, -0.2) is 5.01 Å². The van der Waals surface area contributed by atoms with Gasteiger partial charge in [-0.05, 0) is 50.9 Å². The number of hydrazine groups is 1. The van der Waals surface area contributed by atoms with E-state index >= 15 is 0 Å². The summed E-state index contributed by atoms with van der Waals surface area (Å²) < 4.78 is 0. The van der Waals surface area contributed by atoms with Gasteiger partial charge in [0.1, 0.15) is 0 Å². The van der Waals surface area contributed by atoms with Crippen molar-refractivity contribution in [3.63, 3.8) is 0 Å². The Bertz CT molecular complexity index is 271. The number of nitrogens with zero attached hydrogens (tertiary/aromatic N) is 1. The van der Waals surface area contributed by atoms with Crippen molar-refractivity contribution in [2.45, 2.75) is 97.7 Å². The monoisotopic (exact) mass is 266 g/mol. The Labute approximate surface area is 120 Å². The fourth-order valence-corrected chi connectivity index (χ4v) is 4.19. The topological polar surface area (TPSA) is 15.3 Å². The van der Waals surface area contributed by atoms with E-state index in [0.29, 0.717) is 23.5 Å². The molecule has 2 nitrogen and oxygen atoms in total. The smallest absolute Gasteiger partial charge is 0.0248 e. The standard InChI is InChI=1S/C17H34N2/c1-13-9-8-10-14(2)19(13)18-16-12-7-6-11-15(16)17(3,4)5/h13-16,18H,6-12H2,1-5H3. The molecule has 1 aliphatic carbocycles. The lowest BCUT2D eigenvalue weighted by Gasteiger charge is -2.47. The molecule has 2 rings (SSSR count). The summed E-state index contributed by atoms with van der Waals surface area (Å²) in [7, 11) is 0. The van der Waals surface area contributed by atoms with Crippen LogP contribution in [0.5, 0.6) is 0 Å². The first-order valence-corrected chi connectivity index (χ1v) is 8.44. The van der Waals surface area contributed by atoms with Crippen LogP contribution in [0.2, 0.25) is 0 Å². The molecule has 0 spiro atoms. The van der Waals surface area contributed by atoms with Gasteiger partial charge in [-0.15, -0.1) is 0 Å². The largest absolute Gasteiger partial charge is 0.251 e. The van der Waals surface area contributed by atoms with Gasteiger partial charge in [-0.1, -0.05) is 40.0 Å². The summed E-state index contributed by atoms with van der Waals surface area (Å²) >= 11 is 0. The minimum Gasteiger partial charge on any atom is -0.251 e. The van der Waals surface area contributed by atoms with Crippen molar-refractivity contribution >= 4 is 0 Å². The number of rotatable bonds is 2. The molecule has 1 saturated carbocycles. The van der Waals surface area contributed by atoms with Crippen molar-refractivity contribution < 1.29 is 0 Å². The van der Waals surface area contributed by atoms with Gasteiger partial charge in [0.05, 0.1) is 0 Å². The van der Waals surface area contributed by atoms with E-state index in [2.05, 4.69) is 45.1 Å². The van der Waals surface area contributed by atoms with E-state index < -0.39 is 0 Å². The van der Waals surface area contributed by atoms with Crippen molar-refractivity contribution in [3.8, 4) is 0 Å². The van der Waals surface area contributed by atoms with Crippen molar-refractivity contribution in [1.82, 2.24) is 10.4 Å². The second-order valence-corrected chi connectivity index (χ2v) is 8.03. The fraction of sp³-hybridized carbons (Fsp3) is 1.00. The first-order chi connectivity index (χ1) is 8.89. The molecule has 112 valence electrons. The Morgan fingerprint density at radius 3 is 2.00 bits per heavy atom. The van der Waals surface area contributed by atoms with Gasteiger partial charge in [0.2, 0.25) is 0 Å². The summed E-state index contributed by atoms with van der Waals surface area (Å²) in [5, 5.41) is 2.58. The first-order valence-electron chi connectivity index (χ1n) is 8.44. The minimum atomic E-state index is 0.431. The summed E-state index contributed by atoms with van der Waals surface area (Å²) in [5.41, 5.74) is 4.38. The van der Waals surface area contributed by atoms with Gasteiger partial charge in [-0.3, -0.25) is 5.43 Å². The van der Waals surface area contributed by atoms with E-state index in [4.69, 9.17) is 0 Å². The van der Waals surface area contributed by atoms with Gasteiger partial charge in [0.15, 0.2) is 0 Å². The van der Waals surface area contributed by atoms with Gasteiger partial charge >= 0.3 is 0 Å². The van der Waals surface area contributed by atoms with Gasteiger partial charge in [0, 0.05) is 18.1 Å². The highest BCUT2D eigenvalue weighted by molar-refractivity contribution is 4.89. The van der Waals surface area contributed by atoms with Gasteiger partial charge in [0.25, 0.3) is 0 Å². The van der Waals surface area contributed by atoms with Crippen LogP contribution in [0.1, 0.15) is 79.6 Å². The Hall–Kier alpha value is -0.0800. The molecule has 0 aromatic carbocycles. The lowest BCUT2D eigenvalue weighted by molar-refractivity contribution is -0.00751. The van der Waals surface area contributed by atoms with Crippen LogP contribution >= 0.6 is 0 Å². The Morgan fingerprint density at radius 2 is 1.42 bits per heavy atom. The van der Waals surface area contributed by atoms with Crippen LogP contribution in [-0.4, -0.2) is 23.1 Å². The number of hydrogen-bond acceptors (Lipinski definition) is 2. The Kier molecular flexibility index (Phi) is 4.94. The average Bonchev–Trinajstić information content (AvgIpc) is 2.33. The molecule has 1 aliphatic heterocycles. The second-order valence-electron chi connectivity index (χ2n) is 8.03. The molecule has 0 radical (unpaired) electrons. The molecule has 2 heteroatoms. The minimum absolute atomic E-state index is 0.431. The maximum atomic E-state index is 3.95. The normalized spacial score (nSPS) is 38.4. The zero-order valence-corrected chi connectivity index (χ0v) is 13.7. The molecule has 19 heavy (non-hydrogen) atoms. The third-order valence-corrected chi connectivity index (χ3v) is 5.39. The quantitative estimate of drug-likeness (QED) is 0.799. The van der Waals surface area contributed by atoms with E-state index in [0.717, 1.165) is 5.92 Å². The molecule has 1 N–H and O–H groups in total. The Morgan fingerprint density at radius 1 is 0.842 bits per heavy atom. The van der Waals surface area contributed by atoms with Crippen molar-refractivity contribution in [2.75, 3.05) is 0 Å². The summed E-state index contributed by atoms with van der Waals surface area (Å²) in [4.78, 5) is 0. The molecule has 4 unspecified atom stereocenters. The molecule has 0 amide bonds. The van der Waals surface area contributed by atoms with E-state index in [1.54, 1.807) is 0 Å². The predicted molar refractivity (Wildman–Crippen MR) is 83.0 cm³/mol. The maximum Gasteiger partial charge on any atom is 0.0248 e. The molecule has 4 atom stereocenters. The zero-order valence-electron chi connectivity index (χ0n) is 13.7. The molecular formula is C17H34N2. The van der Waals surface area contributed by atoms with Crippen LogP contribution in [0.25, 0.3) is 0 Å². The fourth-order valence-electron chi connectivity index (χ4n) is 4.19. The third-order valence-electron chi connectivity index (χ3n) is 5.39. The number of hydrogen-bond donors (Lipinski definition) is 1. The van der Waals surface area contributed by atoms with Crippen LogP contribution in [0.3, 0.4) is 0 Å². The highest BCUT2D eigenvalue weighted by atomic mass is 15.5. The zero-order chi connectivity index (χ0) is 14.0. The molecule has 0 aromatic rings. The second kappa shape index (κ2) is 6.13. The van der Waals surface area contributed by atoms with Crippen LogP contribution in [0, 0.1) is 11.3 Å². The van der Waals surface area contributed by atoms with Crippen LogP contribution in [0.15, 0.2) is 0 Å². The first kappa shape index (κ1) is 15.3. The molecule has 1 heterocycles. The lowest BCUT2D eigenvalue weighted by atomic mass is 9.70. The van der Waals surface area contributed by atoms with Crippen LogP contribution in [0.4, 0.5) is 0 Å². The lowest BCUT2D eigenvalue weighted by Crippen LogP contribution is -2.58. The molecule has 0 aromatic heterocycles. The predicted octanol–water partition coefficient (Wildman–Crippen LogP) is 4.36. The molecule has 2 fully saturated rings. The summed E-state index contributed by atoms with van der Waals surface area (Å²) in [6, 6.07) is 2.09. The summed E-state index contributed by atoms with van der Waals surface area (Å²) in [6.45, 7) is 12.0. The molecular weight excluding hydrogens is 232 g/mol. The van der Waals surface area contributed by atoms with Crippen LogP contribution < -0.4 is 5.43 Å². The highest BCUT2D eigenvalue weighted by Gasteiger charge is 2.36. The van der Waals surface area contributed by atoms with Crippen LogP contribution in [-0.2, 0) is 0 Å². The molecule has 2 aliphatic rings. The van der Waals surface area contributed by atoms with Gasteiger partial charge in [-0.2, -0.15) is 0 Å². The van der Waals surface area contributed by atoms with E-state index in [-0.39, 0.29) is 0 Å². The van der Waals surface area contributed by atoms with Gasteiger partial charge < -0.3 is 0 Å².